The van der Waals surface area contributed by atoms with Gasteiger partial charge in [0.1, 0.15) is 11.6 Å². The first-order valence-corrected chi connectivity index (χ1v) is 5.36. The Bertz CT molecular complexity index is 377. The van der Waals surface area contributed by atoms with Gasteiger partial charge in [0.2, 0.25) is 0 Å². The quantitative estimate of drug-likeness (QED) is 0.847. The highest BCUT2D eigenvalue weighted by Gasteiger charge is 2.41. The summed E-state index contributed by atoms with van der Waals surface area (Å²) < 4.78 is 31.7. The molecule has 0 radical (unpaired) electrons. The van der Waals surface area contributed by atoms with Gasteiger partial charge in [0.05, 0.1) is 13.2 Å². The molecule has 1 aromatic rings. The molecule has 0 aromatic heterocycles. The van der Waals surface area contributed by atoms with E-state index in [0.29, 0.717) is 18.8 Å². The van der Waals surface area contributed by atoms with Crippen LogP contribution in [0.3, 0.4) is 0 Å². The lowest BCUT2D eigenvalue weighted by Gasteiger charge is -2.42. The van der Waals surface area contributed by atoms with Crippen molar-refractivity contribution in [2.24, 2.45) is 0 Å². The first-order valence-electron chi connectivity index (χ1n) is 5.36. The van der Waals surface area contributed by atoms with Crippen molar-refractivity contribution in [3.63, 3.8) is 0 Å². The third-order valence-electron chi connectivity index (χ3n) is 3.11. The average Bonchev–Trinajstić information content (AvgIpc) is 2.19. The molecule has 1 aliphatic heterocycles. The van der Waals surface area contributed by atoms with Crippen LogP contribution in [-0.2, 0) is 10.2 Å². The van der Waals surface area contributed by atoms with E-state index >= 15 is 0 Å². The van der Waals surface area contributed by atoms with Gasteiger partial charge in [-0.3, -0.25) is 0 Å². The summed E-state index contributed by atoms with van der Waals surface area (Å²) in [5.41, 5.74) is 0.288. The van der Waals surface area contributed by atoms with Crippen molar-refractivity contribution >= 4 is 0 Å². The molecule has 0 spiro atoms. The fraction of sp³-hybridized carbons (Fsp3) is 0.500. The van der Waals surface area contributed by atoms with Gasteiger partial charge in [-0.25, -0.2) is 8.78 Å². The predicted octanol–water partition coefficient (Wildman–Crippen LogP) is 1.84. The number of ether oxygens (including phenoxy) is 1. The molecule has 88 valence electrons. The van der Waals surface area contributed by atoms with Crippen molar-refractivity contribution in [3.8, 4) is 0 Å². The van der Waals surface area contributed by atoms with E-state index in [-0.39, 0.29) is 5.41 Å². The van der Waals surface area contributed by atoms with Crippen LogP contribution in [0.1, 0.15) is 12.0 Å². The van der Waals surface area contributed by atoms with Gasteiger partial charge in [-0.2, -0.15) is 0 Å². The van der Waals surface area contributed by atoms with Crippen molar-refractivity contribution < 1.29 is 13.5 Å². The van der Waals surface area contributed by atoms with Crippen LogP contribution in [0.2, 0.25) is 0 Å². The standard InChI is InChI=1S/C12H15F2NO/c1-15-5-4-12(7-16-8-12)10-3-2-9(13)6-11(10)14/h2-3,6,15H,4-5,7-8H2,1H3. The zero-order valence-corrected chi connectivity index (χ0v) is 9.22. The highest BCUT2D eigenvalue weighted by atomic mass is 19.1. The van der Waals surface area contributed by atoms with Crippen molar-refractivity contribution in [2.75, 3.05) is 26.8 Å². The molecular formula is C12H15F2NO. The molecular weight excluding hydrogens is 212 g/mol. The largest absolute Gasteiger partial charge is 0.379 e. The predicted molar refractivity (Wildman–Crippen MR) is 57.4 cm³/mol. The number of halogens is 2. The van der Waals surface area contributed by atoms with Crippen LogP contribution in [0.5, 0.6) is 0 Å². The third kappa shape index (κ3) is 1.95. The lowest BCUT2D eigenvalue weighted by Crippen LogP contribution is -2.48. The first-order chi connectivity index (χ1) is 7.68. The molecule has 0 aliphatic carbocycles. The Hall–Kier alpha value is -1.00. The fourth-order valence-corrected chi connectivity index (χ4v) is 2.07. The smallest absolute Gasteiger partial charge is 0.130 e. The maximum absolute atomic E-state index is 13.7. The van der Waals surface area contributed by atoms with Gasteiger partial charge in [0.15, 0.2) is 0 Å². The Morgan fingerprint density at radius 1 is 1.38 bits per heavy atom. The maximum atomic E-state index is 13.7. The van der Waals surface area contributed by atoms with Crippen LogP contribution in [0.15, 0.2) is 18.2 Å². The van der Waals surface area contributed by atoms with Crippen LogP contribution in [0.25, 0.3) is 0 Å². The van der Waals surface area contributed by atoms with Crippen LogP contribution in [0, 0.1) is 11.6 Å². The van der Waals surface area contributed by atoms with E-state index in [1.165, 1.54) is 12.1 Å². The van der Waals surface area contributed by atoms with Crippen molar-refractivity contribution in [1.29, 1.82) is 0 Å². The van der Waals surface area contributed by atoms with Crippen LogP contribution in [-0.4, -0.2) is 26.8 Å². The monoisotopic (exact) mass is 227 g/mol. The fourth-order valence-electron chi connectivity index (χ4n) is 2.07. The minimum absolute atomic E-state index is 0.277. The molecule has 1 aromatic carbocycles. The summed E-state index contributed by atoms with van der Waals surface area (Å²) in [5, 5.41) is 3.04. The van der Waals surface area contributed by atoms with Gasteiger partial charge in [-0.05, 0) is 31.6 Å². The number of hydrogen-bond donors (Lipinski definition) is 1. The Morgan fingerprint density at radius 2 is 2.12 bits per heavy atom. The molecule has 0 bridgehead atoms. The zero-order valence-electron chi connectivity index (χ0n) is 9.22. The van der Waals surface area contributed by atoms with Gasteiger partial charge < -0.3 is 10.1 Å². The summed E-state index contributed by atoms with van der Waals surface area (Å²) in [6.45, 7) is 1.81. The summed E-state index contributed by atoms with van der Waals surface area (Å²) in [6.07, 6.45) is 0.798. The van der Waals surface area contributed by atoms with Gasteiger partial charge in [0.25, 0.3) is 0 Å². The highest BCUT2D eigenvalue weighted by molar-refractivity contribution is 5.30. The third-order valence-corrected chi connectivity index (χ3v) is 3.11. The molecule has 1 fully saturated rings. The second-order valence-electron chi connectivity index (χ2n) is 4.25. The van der Waals surface area contributed by atoms with E-state index in [4.69, 9.17) is 4.74 Å². The Kier molecular flexibility index (Phi) is 3.21. The Morgan fingerprint density at radius 3 is 2.62 bits per heavy atom. The number of benzene rings is 1. The molecule has 1 aliphatic rings. The molecule has 1 N–H and O–H groups in total. The number of nitrogens with one attached hydrogen (secondary N) is 1. The molecule has 0 unspecified atom stereocenters. The number of hydrogen-bond acceptors (Lipinski definition) is 2. The molecule has 0 atom stereocenters. The summed E-state index contributed by atoms with van der Waals surface area (Å²) >= 11 is 0. The summed E-state index contributed by atoms with van der Waals surface area (Å²) in [7, 11) is 1.86. The molecule has 0 saturated carbocycles. The molecule has 0 amide bonds. The molecule has 1 saturated heterocycles. The molecule has 1 heterocycles. The summed E-state index contributed by atoms with van der Waals surface area (Å²) in [6, 6.07) is 3.77. The maximum Gasteiger partial charge on any atom is 0.130 e. The minimum atomic E-state index is -0.537. The normalized spacial score (nSPS) is 18.2. The average molecular weight is 227 g/mol. The second kappa shape index (κ2) is 4.47. The molecule has 2 rings (SSSR count). The van der Waals surface area contributed by atoms with E-state index in [2.05, 4.69) is 5.32 Å². The first kappa shape index (κ1) is 11.5. The van der Waals surface area contributed by atoms with Crippen molar-refractivity contribution in [1.82, 2.24) is 5.32 Å². The highest BCUT2D eigenvalue weighted by Crippen LogP contribution is 2.37. The molecule has 2 nitrogen and oxygen atoms in total. The summed E-state index contributed by atoms with van der Waals surface area (Å²) in [4.78, 5) is 0. The summed E-state index contributed by atoms with van der Waals surface area (Å²) in [5.74, 6) is -1.01. The number of rotatable bonds is 4. The van der Waals surface area contributed by atoms with Gasteiger partial charge in [0, 0.05) is 11.5 Å². The van der Waals surface area contributed by atoms with E-state index in [1.807, 2.05) is 7.05 Å². The Balaban J connectivity index is 2.26. The SMILES string of the molecule is CNCCC1(c2ccc(F)cc2F)COC1. The van der Waals surface area contributed by atoms with Crippen molar-refractivity contribution in [3.05, 3.63) is 35.4 Å². The lowest BCUT2D eigenvalue weighted by molar-refractivity contribution is -0.0654. The topological polar surface area (TPSA) is 21.3 Å². The van der Waals surface area contributed by atoms with Crippen LogP contribution in [0.4, 0.5) is 8.78 Å². The van der Waals surface area contributed by atoms with Gasteiger partial charge in [-0.1, -0.05) is 6.07 Å². The lowest BCUT2D eigenvalue weighted by atomic mass is 9.75. The van der Waals surface area contributed by atoms with E-state index in [0.717, 1.165) is 19.0 Å². The van der Waals surface area contributed by atoms with Gasteiger partial charge >= 0.3 is 0 Å². The minimum Gasteiger partial charge on any atom is -0.379 e. The van der Waals surface area contributed by atoms with E-state index in [1.54, 1.807) is 0 Å². The van der Waals surface area contributed by atoms with Crippen molar-refractivity contribution in [2.45, 2.75) is 11.8 Å². The Labute approximate surface area is 93.6 Å². The van der Waals surface area contributed by atoms with Crippen LogP contribution < -0.4 is 5.32 Å². The molecule has 16 heavy (non-hydrogen) atoms. The van der Waals surface area contributed by atoms with Gasteiger partial charge in [-0.15, -0.1) is 0 Å². The zero-order chi connectivity index (χ0) is 11.6. The van der Waals surface area contributed by atoms with Crippen LogP contribution >= 0.6 is 0 Å². The van der Waals surface area contributed by atoms with E-state index < -0.39 is 11.6 Å². The molecule has 4 heteroatoms. The second-order valence-corrected chi connectivity index (χ2v) is 4.25. The van der Waals surface area contributed by atoms with E-state index in [9.17, 15) is 8.78 Å².